The Bertz CT molecular complexity index is 701. The molecule has 1 aromatic carbocycles. The molecule has 0 radical (unpaired) electrons. The van der Waals surface area contributed by atoms with Gasteiger partial charge in [0.25, 0.3) is 0 Å². The summed E-state index contributed by atoms with van der Waals surface area (Å²) in [4.78, 5) is 27.5. The lowest BCUT2D eigenvalue weighted by Crippen LogP contribution is -2.60. The first-order chi connectivity index (χ1) is 14.1. The van der Waals surface area contributed by atoms with Crippen LogP contribution < -0.4 is 5.32 Å². The third-order valence-electron chi connectivity index (χ3n) is 7.92. The van der Waals surface area contributed by atoms with Crippen molar-refractivity contribution in [2.45, 2.75) is 77.2 Å². The summed E-state index contributed by atoms with van der Waals surface area (Å²) in [6, 6.07) is 10.5. The zero-order valence-electron chi connectivity index (χ0n) is 17.9. The van der Waals surface area contributed by atoms with E-state index in [1.165, 1.54) is 24.8 Å². The first-order valence-electron chi connectivity index (χ1n) is 11.7. The molecule has 3 aliphatic rings. The van der Waals surface area contributed by atoms with Crippen LogP contribution in [0.1, 0.15) is 70.3 Å². The number of piperidine rings is 1. The van der Waals surface area contributed by atoms with Crippen molar-refractivity contribution in [3.05, 3.63) is 35.9 Å². The van der Waals surface area contributed by atoms with Crippen molar-refractivity contribution in [1.29, 1.82) is 0 Å². The van der Waals surface area contributed by atoms with E-state index in [0.29, 0.717) is 18.4 Å². The van der Waals surface area contributed by atoms with Crippen molar-refractivity contribution in [2.24, 2.45) is 17.3 Å². The topological polar surface area (TPSA) is 49.4 Å². The number of carbonyl (C=O) groups is 2. The minimum absolute atomic E-state index is 0.174. The molecule has 1 unspecified atom stereocenters. The summed E-state index contributed by atoms with van der Waals surface area (Å²) in [5.74, 6) is 1.61. The summed E-state index contributed by atoms with van der Waals surface area (Å²) in [6.07, 6.45) is 10.3. The van der Waals surface area contributed by atoms with Crippen LogP contribution in [0.5, 0.6) is 0 Å². The maximum Gasteiger partial charge on any atom is 0.225 e. The molecule has 1 saturated heterocycles. The summed E-state index contributed by atoms with van der Waals surface area (Å²) in [5, 5.41) is 3.32. The Morgan fingerprint density at radius 2 is 1.69 bits per heavy atom. The molecule has 4 nitrogen and oxygen atoms in total. The van der Waals surface area contributed by atoms with E-state index in [2.05, 4.69) is 29.3 Å². The number of amides is 2. The zero-order chi connectivity index (χ0) is 20.3. The van der Waals surface area contributed by atoms with Crippen molar-refractivity contribution < 1.29 is 9.59 Å². The SMILES string of the molecule is CC1CCC(C(=O)N2CCC3(CCC3NC(=O)CCc3ccccc3)CC2)CC1. The molecule has 4 rings (SSSR count). The number of hydrogen-bond donors (Lipinski definition) is 1. The van der Waals surface area contributed by atoms with E-state index in [1.807, 2.05) is 18.2 Å². The summed E-state index contributed by atoms with van der Waals surface area (Å²) >= 11 is 0. The lowest BCUT2D eigenvalue weighted by atomic mass is 9.59. The average molecular weight is 397 g/mol. The smallest absolute Gasteiger partial charge is 0.225 e. The summed E-state index contributed by atoms with van der Waals surface area (Å²) in [5.41, 5.74) is 1.45. The van der Waals surface area contributed by atoms with E-state index in [1.54, 1.807) is 0 Å². The molecule has 2 amide bonds. The van der Waals surface area contributed by atoms with Gasteiger partial charge in [0.2, 0.25) is 11.8 Å². The average Bonchev–Trinajstić information content (AvgIpc) is 2.76. The summed E-state index contributed by atoms with van der Waals surface area (Å²) < 4.78 is 0. The molecule has 29 heavy (non-hydrogen) atoms. The van der Waals surface area contributed by atoms with Crippen LogP contribution in [0.4, 0.5) is 0 Å². The number of hydrogen-bond acceptors (Lipinski definition) is 2. The molecule has 0 aromatic heterocycles. The van der Waals surface area contributed by atoms with Gasteiger partial charge in [-0.2, -0.15) is 0 Å². The minimum atomic E-state index is 0.174. The third kappa shape index (κ3) is 4.67. The van der Waals surface area contributed by atoms with E-state index >= 15 is 0 Å². The number of nitrogens with zero attached hydrogens (tertiary/aromatic N) is 1. The van der Waals surface area contributed by atoms with Crippen LogP contribution in [0.3, 0.4) is 0 Å². The second kappa shape index (κ2) is 8.89. The highest BCUT2D eigenvalue weighted by molar-refractivity contribution is 5.79. The molecule has 0 bridgehead atoms. The lowest BCUT2D eigenvalue weighted by Gasteiger charge is -2.54. The van der Waals surface area contributed by atoms with Gasteiger partial charge in [0.15, 0.2) is 0 Å². The fraction of sp³-hybridized carbons (Fsp3) is 0.680. The normalized spacial score (nSPS) is 28.6. The Kier molecular flexibility index (Phi) is 6.26. The van der Waals surface area contributed by atoms with Crippen molar-refractivity contribution in [1.82, 2.24) is 10.2 Å². The highest BCUT2D eigenvalue weighted by atomic mass is 16.2. The molecule has 4 heteroatoms. The van der Waals surface area contributed by atoms with E-state index in [0.717, 1.165) is 57.5 Å². The predicted molar refractivity (Wildman–Crippen MR) is 115 cm³/mol. The van der Waals surface area contributed by atoms with Gasteiger partial charge in [-0.15, -0.1) is 0 Å². The second-order valence-electron chi connectivity index (χ2n) is 9.79. The molecule has 2 saturated carbocycles. The van der Waals surface area contributed by atoms with Gasteiger partial charge in [0, 0.05) is 31.5 Å². The maximum atomic E-state index is 12.9. The van der Waals surface area contributed by atoms with Crippen LogP contribution in [0.25, 0.3) is 0 Å². The van der Waals surface area contributed by atoms with Gasteiger partial charge >= 0.3 is 0 Å². The summed E-state index contributed by atoms with van der Waals surface area (Å²) in [6.45, 7) is 4.05. The van der Waals surface area contributed by atoms with Crippen molar-refractivity contribution in [3.8, 4) is 0 Å². The largest absolute Gasteiger partial charge is 0.353 e. The predicted octanol–water partition coefficient (Wildman–Crippen LogP) is 4.33. The fourth-order valence-corrected chi connectivity index (χ4v) is 5.63. The molecule has 3 fully saturated rings. The molecule has 1 spiro atoms. The van der Waals surface area contributed by atoms with Crippen LogP contribution >= 0.6 is 0 Å². The molecule has 1 aromatic rings. The van der Waals surface area contributed by atoms with Crippen molar-refractivity contribution >= 4 is 11.8 Å². The molecule has 2 aliphatic carbocycles. The number of likely N-dealkylation sites (tertiary alicyclic amines) is 1. The highest BCUT2D eigenvalue weighted by Gasteiger charge is 2.49. The van der Waals surface area contributed by atoms with Gasteiger partial charge in [-0.1, -0.05) is 37.3 Å². The number of aryl methyl sites for hydroxylation is 1. The molecular weight excluding hydrogens is 360 g/mol. The van der Waals surface area contributed by atoms with E-state index < -0.39 is 0 Å². The van der Waals surface area contributed by atoms with Crippen LogP contribution in [0.2, 0.25) is 0 Å². The van der Waals surface area contributed by atoms with Gasteiger partial charge in [0.1, 0.15) is 0 Å². The fourth-order valence-electron chi connectivity index (χ4n) is 5.63. The van der Waals surface area contributed by atoms with Crippen LogP contribution in [0, 0.1) is 17.3 Å². The third-order valence-corrected chi connectivity index (χ3v) is 7.92. The minimum Gasteiger partial charge on any atom is -0.353 e. The quantitative estimate of drug-likeness (QED) is 0.805. The Hall–Kier alpha value is -1.84. The second-order valence-corrected chi connectivity index (χ2v) is 9.79. The molecule has 1 atom stereocenters. The van der Waals surface area contributed by atoms with Crippen LogP contribution in [0.15, 0.2) is 30.3 Å². The van der Waals surface area contributed by atoms with Crippen molar-refractivity contribution in [2.75, 3.05) is 13.1 Å². The molecular formula is C25H36N2O2. The number of nitrogens with one attached hydrogen (secondary N) is 1. The monoisotopic (exact) mass is 396 g/mol. The Morgan fingerprint density at radius 1 is 1.00 bits per heavy atom. The van der Waals surface area contributed by atoms with E-state index in [9.17, 15) is 9.59 Å². The van der Waals surface area contributed by atoms with Gasteiger partial charge in [-0.05, 0) is 74.7 Å². The Morgan fingerprint density at radius 3 is 2.31 bits per heavy atom. The van der Waals surface area contributed by atoms with Gasteiger partial charge in [-0.3, -0.25) is 9.59 Å². The van der Waals surface area contributed by atoms with E-state index in [4.69, 9.17) is 0 Å². The lowest BCUT2D eigenvalue weighted by molar-refractivity contribution is -0.142. The Balaban J connectivity index is 1.23. The first kappa shape index (κ1) is 20.4. The molecule has 1 heterocycles. The van der Waals surface area contributed by atoms with Gasteiger partial charge < -0.3 is 10.2 Å². The standard InChI is InChI=1S/C25H36N2O2/c1-19-7-10-21(11-8-19)24(29)27-17-15-25(16-18-27)14-13-22(25)26-23(28)12-9-20-5-3-2-4-6-20/h2-6,19,21-22H,7-18H2,1H3,(H,26,28). The first-order valence-corrected chi connectivity index (χ1v) is 11.7. The molecule has 1 N–H and O–H groups in total. The van der Waals surface area contributed by atoms with E-state index in [-0.39, 0.29) is 17.2 Å². The Labute approximate surface area is 175 Å². The summed E-state index contributed by atoms with van der Waals surface area (Å²) in [7, 11) is 0. The molecule has 158 valence electrons. The van der Waals surface area contributed by atoms with Crippen LogP contribution in [-0.4, -0.2) is 35.8 Å². The van der Waals surface area contributed by atoms with Crippen LogP contribution in [-0.2, 0) is 16.0 Å². The van der Waals surface area contributed by atoms with Gasteiger partial charge in [0.05, 0.1) is 0 Å². The number of carbonyl (C=O) groups excluding carboxylic acids is 2. The van der Waals surface area contributed by atoms with Crippen molar-refractivity contribution in [3.63, 3.8) is 0 Å². The number of rotatable bonds is 5. The molecule has 1 aliphatic heterocycles. The maximum absolute atomic E-state index is 12.9. The zero-order valence-corrected chi connectivity index (χ0v) is 17.9. The number of benzene rings is 1. The van der Waals surface area contributed by atoms with Gasteiger partial charge in [-0.25, -0.2) is 0 Å². The highest BCUT2D eigenvalue weighted by Crippen LogP contribution is 2.49.